The highest BCUT2D eigenvalue weighted by Crippen LogP contribution is 2.16. The largest absolute Gasteiger partial charge is 0.383 e. The van der Waals surface area contributed by atoms with E-state index in [0.29, 0.717) is 6.61 Å². The van der Waals surface area contributed by atoms with Gasteiger partial charge in [0.1, 0.15) is 17.5 Å². The number of nitrogens with one attached hydrogen (secondary N) is 1. The summed E-state index contributed by atoms with van der Waals surface area (Å²) in [7, 11) is 3.72. The Kier molecular flexibility index (Phi) is 5.51. The maximum Gasteiger partial charge on any atom is 0.134 e. The van der Waals surface area contributed by atoms with Crippen LogP contribution in [0.4, 0.5) is 11.6 Å². The molecule has 1 N–H and O–H groups in total. The number of aryl methyl sites for hydroxylation is 1. The van der Waals surface area contributed by atoms with Gasteiger partial charge in [0.15, 0.2) is 0 Å². The fraction of sp³-hybridized carbons (Fsp3) is 0.375. The van der Waals surface area contributed by atoms with Crippen LogP contribution in [-0.2, 0) is 11.3 Å². The van der Waals surface area contributed by atoms with Crippen LogP contribution in [0.1, 0.15) is 11.4 Å². The summed E-state index contributed by atoms with van der Waals surface area (Å²) in [6.07, 6.45) is 0. The second kappa shape index (κ2) is 7.59. The normalized spacial score (nSPS) is 10.4. The Labute approximate surface area is 126 Å². The van der Waals surface area contributed by atoms with Crippen molar-refractivity contribution in [2.24, 2.45) is 0 Å². The molecular formula is C16H22N4O. The summed E-state index contributed by atoms with van der Waals surface area (Å²) in [6, 6.07) is 12.3. The van der Waals surface area contributed by atoms with Crippen molar-refractivity contribution >= 4 is 11.6 Å². The number of methoxy groups -OCH3 is 1. The molecule has 5 heteroatoms. The molecule has 0 aliphatic carbocycles. The summed E-state index contributed by atoms with van der Waals surface area (Å²) < 4.78 is 5.03. The van der Waals surface area contributed by atoms with Crippen molar-refractivity contribution in [3.05, 3.63) is 47.8 Å². The van der Waals surface area contributed by atoms with Gasteiger partial charge in [-0.25, -0.2) is 9.97 Å². The maximum absolute atomic E-state index is 5.03. The molecule has 0 spiro atoms. The summed E-state index contributed by atoms with van der Waals surface area (Å²) in [5.41, 5.74) is 1.25. The molecule has 0 saturated heterocycles. The fourth-order valence-electron chi connectivity index (χ4n) is 2.06. The SMILES string of the molecule is COCCNc1cc(N(C)Cc2ccccc2)nc(C)n1. The maximum atomic E-state index is 5.03. The van der Waals surface area contributed by atoms with E-state index < -0.39 is 0 Å². The first kappa shape index (κ1) is 15.3. The van der Waals surface area contributed by atoms with Gasteiger partial charge in [-0.05, 0) is 12.5 Å². The Bertz CT molecular complexity index is 559. The Morgan fingerprint density at radius 1 is 1.19 bits per heavy atom. The molecule has 0 saturated carbocycles. The van der Waals surface area contributed by atoms with E-state index in [2.05, 4.69) is 32.3 Å². The first-order chi connectivity index (χ1) is 10.2. The average Bonchev–Trinajstić information content (AvgIpc) is 2.48. The molecule has 5 nitrogen and oxygen atoms in total. The molecule has 0 atom stereocenters. The van der Waals surface area contributed by atoms with Crippen LogP contribution in [-0.4, -0.2) is 37.3 Å². The predicted octanol–water partition coefficient (Wildman–Crippen LogP) is 2.48. The van der Waals surface area contributed by atoms with E-state index in [0.717, 1.165) is 30.5 Å². The van der Waals surface area contributed by atoms with Gasteiger partial charge in [0, 0.05) is 33.3 Å². The smallest absolute Gasteiger partial charge is 0.134 e. The highest BCUT2D eigenvalue weighted by Gasteiger charge is 2.07. The number of hydrogen-bond donors (Lipinski definition) is 1. The van der Waals surface area contributed by atoms with Crippen LogP contribution in [0.3, 0.4) is 0 Å². The molecule has 0 aliphatic heterocycles. The number of aromatic nitrogens is 2. The lowest BCUT2D eigenvalue weighted by atomic mass is 10.2. The van der Waals surface area contributed by atoms with Crippen LogP contribution < -0.4 is 10.2 Å². The molecule has 0 fully saturated rings. The van der Waals surface area contributed by atoms with Gasteiger partial charge in [-0.2, -0.15) is 0 Å². The van der Waals surface area contributed by atoms with E-state index >= 15 is 0 Å². The zero-order valence-electron chi connectivity index (χ0n) is 12.8. The fourth-order valence-corrected chi connectivity index (χ4v) is 2.06. The molecule has 21 heavy (non-hydrogen) atoms. The van der Waals surface area contributed by atoms with Crippen molar-refractivity contribution in [2.45, 2.75) is 13.5 Å². The molecular weight excluding hydrogens is 264 g/mol. The van der Waals surface area contributed by atoms with E-state index in [4.69, 9.17) is 4.74 Å². The molecule has 0 aliphatic rings. The second-order valence-electron chi connectivity index (χ2n) is 4.92. The van der Waals surface area contributed by atoms with Crippen molar-refractivity contribution in [1.29, 1.82) is 0 Å². The molecule has 1 aromatic carbocycles. The molecule has 1 aromatic heterocycles. The lowest BCUT2D eigenvalue weighted by Crippen LogP contribution is -2.19. The first-order valence-corrected chi connectivity index (χ1v) is 7.02. The molecule has 112 valence electrons. The summed E-state index contributed by atoms with van der Waals surface area (Å²) in [5, 5.41) is 3.24. The molecule has 0 radical (unpaired) electrons. The third-order valence-corrected chi connectivity index (χ3v) is 3.09. The zero-order valence-corrected chi connectivity index (χ0v) is 12.8. The molecule has 2 aromatic rings. The number of nitrogens with zero attached hydrogens (tertiary/aromatic N) is 3. The van der Waals surface area contributed by atoms with Crippen LogP contribution >= 0.6 is 0 Å². The minimum Gasteiger partial charge on any atom is -0.383 e. The summed E-state index contributed by atoms with van der Waals surface area (Å²) in [6.45, 7) is 4.10. The minimum atomic E-state index is 0.651. The number of rotatable bonds is 7. The number of anilines is 2. The zero-order chi connectivity index (χ0) is 15.1. The van der Waals surface area contributed by atoms with Gasteiger partial charge >= 0.3 is 0 Å². The number of ether oxygens (including phenoxy) is 1. The Morgan fingerprint density at radius 2 is 1.95 bits per heavy atom. The van der Waals surface area contributed by atoms with Crippen LogP contribution in [0.2, 0.25) is 0 Å². The van der Waals surface area contributed by atoms with Crippen molar-refractivity contribution in [3.8, 4) is 0 Å². The lowest BCUT2D eigenvalue weighted by Gasteiger charge is -2.19. The van der Waals surface area contributed by atoms with Crippen LogP contribution in [0.5, 0.6) is 0 Å². The third kappa shape index (κ3) is 4.72. The highest BCUT2D eigenvalue weighted by atomic mass is 16.5. The molecule has 0 amide bonds. The summed E-state index contributed by atoms with van der Waals surface area (Å²) in [4.78, 5) is 11.0. The van der Waals surface area contributed by atoms with Crippen LogP contribution in [0.15, 0.2) is 36.4 Å². The molecule has 0 bridgehead atoms. The van der Waals surface area contributed by atoms with Gasteiger partial charge in [0.2, 0.25) is 0 Å². The highest BCUT2D eigenvalue weighted by molar-refractivity contribution is 5.49. The van der Waals surface area contributed by atoms with Crippen molar-refractivity contribution < 1.29 is 4.74 Å². The van der Waals surface area contributed by atoms with Crippen LogP contribution in [0, 0.1) is 6.92 Å². The summed E-state index contributed by atoms with van der Waals surface area (Å²) >= 11 is 0. The molecule has 1 heterocycles. The van der Waals surface area contributed by atoms with Crippen LogP contribution in [0.25, 0.3) is 0 Å². The molecule has 0 unspecified atom stereocenters. The molecule has 2 rings (SSSR count). The average molecular weight is 286 g/mol. The van der Waals surface area contributed by atoms with Gasteiger partial charge in [0.05, 0.1) is 6.61 Å². The van der Waals surface area contributed by atoms with Crippen molar-refractivity contribution in [2.75, 3.05) is 37.5 Å². The second-order valence-corrected chi connectivity index (χ2v) is 4.92. The monoisotopic (exact) mass is 286 g/mol. The third-order valence-electron chi connectivity index (χ3n) is 3.09. The minimum absolute atomic E-state index is 0.651. The van der Waals surface area contributed by atoms with Gasteiger partial charge in [-0.3, -0.25) is 0 Å². The number of hydrogen-bond acceptors (Lipinski definition) is 5. The van der Waals surface area contributed by atoms with E-state index in [1.54, 1.807) is 7.11 Å². The van der Waals surface area contributed by atoms with Gasteiger partial charge in [-0.15, -0.1) is 0 Å². The van der Waals surface area contributed by atoms with E-state index in [-0.39, 0.29) is 0 Å². The van der Waals surface area contributed by atoms with E-state index in [1.807, 2.05) is 38.2 Å². The van der Waals surface area contributed by atoms with Gasteiger partial charge in [-0.1, -0.05) is 30.3 Å². The quantitative estimate of drug-likeness (QED) is 0.792. The Morgan fingerprint density at radius 3 is 2.67 bits per heavy atom. The lowest BCUT2D eigenvalue weighted by molar-refractivity contribution is 0.210. The Balaban J connectivity index is 2.07. The summed E-state index contributed by atoms with van der Waals surface area (Å²) in [5.74, 6) is 2.49. The van der Waals surface area contributed by atoms with Gasteiger partial charge in [0.25, 0.3) is 0 Å². The van der Waals surface area contributed by atoms with Crippen molar-refractivity contribution in [3.63, 3.8) is 0 Å². The van der Waals surface area contributed by atoms with Crippen molar-refractivity contribution in [1.82, 2.24) is 9.97 Å². The van der Waals surface area contributed by atoms with E-state index in [1.165, 1.54) is 5.56 Å². The van der Waals surface area contributed by atoms with E-state index in [9.17, 15) is 0 Å². The standard InChI is InChI=1S/C16H22N4O/c1-13-18-15(17-9-10-21-3)11-16(19-13)20(2)12-14-7-5-4-6-8-14/h4-8,11H,9-10,12H2,1-3H3,(H,17,18,19). The first-order valence-electron chi connectivity index (χ1n) is 7.02. The number of benzene rings is 1. The topological polar surface area (TPSA) is 50.3 Å². The Hall–Kier alpha value is -2.14. The van der Waals surface area contributed by atoms with Gasteiger partial charge < -0.3 is 15.0 Å². The predicted molar refractivity (Wildman–Crippen MR) is 85.7 cm³/mol.